The number of unbranched alkanes of at least 4 members (excludes halogenated alkanes) is 1. The lowest BCUT2D eigenvalue weighted by atomic mass is 9.82. The second-order valence-corrected chi connectivity index (χ2v) is 16.3. The number of Topliss-reactive ketones (excluding diaryl/α,β-unsaturated/α-hetero) is 1. The van der Waals surface area contributed by atoms with Crippen molar-refractivity contribution in [2.75, 3.05) is 13.1 Å². The number of hydrogen-bond acceptors (Lipinski definition) is 8. The van der Waals surface area contributed by atoms with Gasteiger partial charge < -0.3 is 36.6 Å². The van der Waals surface area contributed by atoms with Gasteiger partial charge in [0.15, 0.2) is 0 Å². The molecule has 0 aromatic carbocycles. The zero-order chi connectivity index (χ0) is 39.1. The minimum absolute atomic E-state index is 0.0574. The average molecular weight is 747 g/mol. The van der Waals surface area contributed by atoms with Crippen LogP contribution in [0.2, 0.25) is 0 Å². The Kier molecular flexibility index (Phi) is 17.7. The van der Waals surface area contributed by atoms with E-state index in [9.17, 15) is 33.6 Å². The van der Waals surface area contributed by atoms with Crippen LogP contribution in [-0.4, -0.2) is 95.1 Å². The van der Waals surface area contributed by atoms with Gasteiger partial charge in [0, 0.05) is 19.4 Å². The van der Waals surface area contributed by atoms with Crippen LogP contribution in [0.5, 0.6) is 0 Å². The summed E-state index contributed by atoms with van der Waals surface area (Å²) >= 11 is 0. The second kappa shape index (κ2) is 21.4. The van der Waals surface area contributed by atoms with Gasteiger partial charge in [-0.3, -0.25) is 33.6 Å². The molecule has 3 aliphatic rings. The van der Waals surface area contributed by atoms with Crippen molar-refractivity contribution in [3.05, 3.63) is 0 Å². The number of likely N-dealkylation sites (tertiary alicyclic amines) is 1. The van der Waals surface area contributed by atoms with Gasteiger partial charge in [-0.25, -0.2) is 0 Å². The van der Waals surface area contributed by atoms with E-state index in [2.05, 4.69) is 21.3 Å². The largest absolute Gasteiger partial charge is 0.371 e. The van der Waals surface area contributed by atoms with Crippen molar-refractivity contribution in [2.45, 2.75) is 180 Å². The number of nitrogens with one attached hydrogen (secondary N) is 4. The van der Waals surface area contributed by atoms with Crippen LogP contribution in [0.15, 0.2) is 0 Å². The molecule has 3 fully saturated rings. The van der Waals surface area contributed by atoms with Crippen LogP contribution in [0.1, 0.15) is 144 Å². The highest BCUT2D eigenvalue weighted by Gasteiger charge is 2.46. The molecule has 1 heterocycles. The molecule has 0 aromatic heterocycles. The third-order valence-corrected chi connectivity index (χ3v) is 10.6. The van der Waals surface area contributed by atoms with Crippen LogP contribution in [-0.2, 0) is 38.3 Å². The first-order valence-corrected chi connectivity index (χ1v) is 20.1. The van der Waals surface area contributed by atoms with Gasteiger partial charge in [-0.15, -0.1) is 0 Å². The first-order valence-electron chi connectivity index (χ1n) is 20.1. The second-order valence-electron chi connectivity index (χ2n) is 16.3. The number of rotatable bonds is 19. The SMILES string of the molecule is CCCCC(NC(=O)CNC(=O)C(=O)C(CCC)NC(=O)[C@@H]1C[C@@H](OC(C)(C)C)CN1C(=O)C(NC(=O)CC1CCCCC1)C1CCCCC1)C(N)=O. The normalized spacial score (nSPS) is 21.6. The Hall–Kier alpha value is -3.55. The molecule has 0 spiro atoms. The minimum atomic E-state index is -1.21. The van der Waals surface area contributed by atoms with Crippen LogP contribution in [0, 0.1) is 11.8 Å². The fourth-order valence-corrected chi connectivity index (χ4v) is 7.96. The maximum atomic E-state index is 14.6. The molecule has 6 N–H and O–H groups in total. The molecule has 1 aliphatic heterocycles. The van der Waals surface area contributed by atoms with Crippen molar-refractivity contribution in [1.29, 1.82) is 0 Å². The molecule has 2 aliphatic carbocycles. The van der Waals surface area contributed by atoms with Gasteiger partial charge >= 0.3 is 0 Å². The monoisotopic (exact) mass is 746 g/mol. The quantitative estimate of drug-likeness (QED) is 0.124. The third-order valence-electron chi connectivity index (χ3n) is 10.6. The Morgan fingerprint density at radius 2 is 1.43 bits per heavy atom. The van der Waals surface area contributed by atoms with E-state index in [1.165, 1.54) is 11.3 Å². The number of carbonyl (C=O) groups excluding carboxylic acids is 7. The molecule has 0 radical (unpaired) electrons. The molecule has 14 nitrogen and oxygen atoms in total. The van der Waals surface area contributed by atoms with Gasteiger partial charge in [-0.1, -0.05) is 71.6 Å². The average Bonchev–Trinajstić information content (AvgIpc) is 3.53. The van der Waals surface area contributed by atoms with E-state index in [1.54, 1.807) is 6.92 Å². The van der Waals surface area contributed by atoms with Gasteiger partial charge in [0.1, 0.15) is 18.1 Å². The highest BCUT2D eigenvalue weighted by atomic mass is 16.5. The summed E-state index contributed by atoms with van der Waals surface area (Å²) in [6.07, 6.45) is 12.5. The van der Waals surface area contributed by atoms with Gasteiger partial charge in [0.2, 0.25) is 35.3 Å². The lowest BCUT2D eigenvalue weighted by molar-refractivity contribution is -0.145. The smallest absolute Gasteiger partial charge is 0.290 e. The highest BCUT2D eigenvalue weighted by molar-refractivity contribution is 6.38. The zero-order valence-electron chi connectivity index (χ0n) is 32.8. The van der Waals surface area contributed by atoms with Crippen LogP contribution in [0.4, 0.5) is 0 Å². The number of primary amides is 1. The highest BCUT2D eigenvalue weighted by Crippen LogP contribution is 2.32. The molecule has 0 bridgehead atoms. The Balaban J connectivity index is 1.75. The lowest BCUT2D eigenvalue weighted by Crippen LogP contribution is -2.58. The molecule has 53 heavy (non-hydrogen) atoms. The summed E-state index contributed by atoms with van der Waals surface area (Å²) in [6.45, 7) is 9.03. The van der Waals surface area contributed by atoms with Gasteiger partial charge in [0.25, 0.3) is 5.91 Å². The van der Waals surface area contributed by atoms with E-state index in [-0.39, 0.29) is 37.1 Å². The van der Waals surface area contributed by atoms with E-state index in [1.807, 2.05) is 27.7 Å². The molecular weight excluding hydrogens is 680 g/mol. The van der Waals surface area contributed by atoms with Crippen molar-refractivity contribution in [3.8, 4) is 0 Å². The van der Waals surface area contributed by atoms with Crippen molar-refractivity contribution >= 4 is 41.2 Å². The van der Waals surface area contributed by atoms with Crippen molar-refractivity contribution in [3.63, 3.8) is 0 Å². The van der Waals surface area contributed by atoms with Crippen molar-refractivity contribution < 1.29 is 38.3 Å². The maximum absolute atomic E-state index is 14.6. The summed E-state index contributed by atoms with van der Waals surface area (Å²) < 4.78 is 6.26. The molecule has 5 atom stereocenters. The van der Waals surface area contributed by atoms with Crippen LogP contribution < -0.4 is 27.0 Å². The van der Waals surface area contributed by atoms with Crippen molar-refractivity contribution in [1.82, 2.24) is 26.2 Å². The van der Waals surface area contributed by atoms with Gasteiger partial charge in [0.05, 0.1) is 24.3 Å². The Morgan fingerprint density at radius 1 is 0.792 bits per heavy atom. The van der Waals surface area contributed by atoms with E-state index in [0.717, 1.165) is 64.2 Å². The summed E-state index contributed by atoms with van der Waals surface area (Å²) in [5.74, 6) is -4.17. The molecule has 3 rings (SSSR count). The zero-order valence-corrected chi connectivity index (χ0v) is 32.8. The first kappa shape index (κ1) is 43.9. The van der Waals surface area contributed by atoms with Crippen molar-refractivity contribution in [2.24, 2.45) is 17.6 Å². The van der Waals surface area contributed by atoms with Gasteiger partial charge in [-0.2, -0.15) is 0 Å². The predicted octanol–water partition coefficient (Wildman–Crippen LogP) is 2.94. The summed E-state index contributed by atoms with van der Waals surface area (Å²) in [7, 11) is 0. The number of ether oxygens (including phenoxy) is 1. The summed E-state index contributed by atoms with van der Waals surface area (Å²) in [6, 6.07) is -3.88. The third kappa shape index (κ3) is 14.3. The first-order chi connectivity index (χ1) is 25.1. The number of hydrogen-bond donors (Lipinski definition) is 5. The van der Waals surface area contributed by atoms with E-state index in [4.69, 9.17) is 10.5 Å². The molecule has 1 saturated heterocycles. The number of nitrogens with zero attached hydrogens (tertiary/aromatic N) is 1. The Morgan fingerprint density at radius 3 is 2.02 bits per heavy atom. The molecule has 300 valence electrons. The van der Waals surface area contributed by atoms with Crippen LogP contribution in [0.25, 0.3) is 0 Å². The summed E-state index contributed by atoms with van der Waals surface area (Å²) in [5.41, 5.74) is 4.84. The van der Waals surface area contributed by atoms with E-state index < -0.39 is 71.8 Å². The molecule has 14 heteroatoms. The summed E-state index contributed by atoms with van der Waals surface area (Å²) in [5, 5.41) is 10.6. The van der Waals surface area contributed by atoms with E-state index in [0.29, 0.717) is 31.6 Å². The molecule has 3 unspecified atom stereocenters. The van der Waals surface area contributed by atoms with Gasteiger partial charge in [-0.05, 0) is 71.1 Å². The Labute approximate surface area is 315 Å². The number of carbonyl (C=O) groups is 7. The predicted molar refractivity (Wildman–Crippen MR) is 200 cm³/mol. The fourth-order valence-electron chi connectivity index (χ4n) is 7.96. The Bertz CT molecular complexity index is 1270. The standard InChI is InChI=1S/C39H66N6O8/c1-6-8-20-29(35(40)49)42-32(47)23-41-37(51)34(48)28(15-7-2)43-36(50)30-22-27(53-39(3,4)5)24-45(30)38(52)33(26-18-13-10-14-19-26)44-31(46)21-25-16-11-9-12-17-25/h25-30,33H,6-24H2,1-5H3,(H2,40,49)(H,41,51)(H,42,47)(H,43,50)(H,44,46)/t27-,28?,29?,30+,33?/m1/s1. The molecular formula is C39H66N6O8. The maximum Gasteiger partial charge on any atom is 0.290 e. The minimum Gasteiger partial charge on any atom is -0.371 e. The molecule has 2 saturated carbocycles. The number of ketones is 1. The molecule has 0 aromatic rings. The fraction of sp³-hybridized carbons (Fsp3) is 0.821. The van der Waals surface area contributed by atoms with Crippen LogP contribution in [0.3, 0.4) is 0 Å². The summed E-state index contributed by atoms with van der Waals surface area (Å²) in [4.78, 5) is 94.0. The number of amides is 6. The van der Waals surface area contributed by atoms with Crippen LogP contribution >= 0.6 is 0 Å². The molecule has 6 amide bonds. The van der Waals surface area contributed by atoms with E-state index >= 15 is 0 Å². The number of nitrogens with two attached hydrogens (primary N) is 1. The topological polar surface area (TPSA) is 206 Å². The lowest BCUT2D eigenvalue weighted by Gasteiger charge is -2.35.